The molecule has 0 aliphatic carbocycles. The molecular formula is C16H17NO3S. The standard InChI is InChI=1S/C16H17NO3S/c18-16(4-2-13-6-8-21-10-13)17-7-5-12-1-3-14-15(9-12)20-11-19-14/h1,3,6,8-10H,2,4-5,7,11H2,(H,17,18). The molecule has 0 spiro atoms. The number of ether oxygens (including phenoxy) is 2. The lowest BCUT2D eigenvalue weighted by atomic mass is 10.1. The molecule has 0 radical (unpaired) electrons. The van der Waals surface area contributed by atoms with Crippen molar-refractivity contribution in [3.63, 3.8) is 0 Å². The first-order valence-electron chi connectivity index (χ1n) is 6.97. The molecule has 0 bridgehead atoms. The van der Waals surface area contributed by atoms with Crippen molar-refractivity contribution in [2.45, 2.75) is 19.3 Å². The Hall–Kier alpha value is -2.01. The topological polar surface area (TPSA) is 47.6 Å². The first-order chi connectivity index (χ1) is 10.3. The number of carbonyl (C=O) groups is 1. The van der Waals surface area contributed by atoms with E-state index < -0.39 is 0 Å². The third-order valence-electron chi connectivity index (χ3n) is 3.39. The zero-order chi connectivity index (χ0) is 14.5. The number of carbonyl (C=O) groups excluding carboxylic acids is 1. The van der Waals surface area contributed by atoms with Crippen LogP contribution in [0.25, 0.3) is 0 Å². The summed E-state index contributed by atoms with van der Waals surface area (Å²) >= 11 is 1.66. The van der Waals surface area contributed by atoms with E-state index in [1.807, 2.05) is 23.6 Å². The molecule has 2 heterocycles. The summed E-state index contributed by atoms with van der Waals surface area (Å²) in [7, 11) is 0. The summed E-state index contributed by atoms with van der Waals surface area (Å²) in [5.41, 5.74) is 2.36. The Balaban J connectivity index is 1.40. The molecule has 0 fully saturated rings. The lowest BCUT2D eigenvalue weighted by Gasteiger charge is -2.06. The zero-order valence-corrected chi connectivity index (χ0v) is 12.4. The van der Waals surface area contributed by atoms with Crippen molar-refractivity contribution in [3.8, 4) is 11.5 Å². The minimum absolute atomic E-state index is 0.0990. The van der Waals surface area contributed by atoms with Gasteiger partial charge in [-0.1, -0.05) is 6.07 Å². The first kappa shape index (κ1) is 13.9. The molecule has 1 aromatic heterocycles. The van der Waals surface area contributed by atoms with Crippen molar-refractivity contribution in [1.82, 2.24) is 5.32 Å². The fraction of sp³-hybridized carbons (Fsp3) is 0.312. The monoisotopic (exact) mass is 303 g/mol. The van der Waals surface area contributed by atoms with Gasteiger partial charge in [0.1, 0.15) is 0 Å². The second-order valence-corrected chi connectivity index (χ2v) is 5.70. The SMILES string of the molecule is O=C(CCc1ccsc1)NCCc1ccc2c(c1)OCO2. The number of nitrogens with one attached hydrogen (secondary N) is 1. The van der Waals surface area contributed by atoms with Crippen LogP contribution >= 0.6 is 11.3 Å². The largest absolute Gasteiger partial charge is 0.454 e. The molecule has 1 aliphatic rings. The molecule has 0 atom stereocenters. The summed E-state index contributed by atoms with van der Waals surface area (Å²) in [6, 6.07) is 7.95. The maximum Gasteiger partial charge on any atom is 0.231 e. The summed E-state index contributed by atoms with van der Waals surface area (Å²) in [6.45, 7) is 0.931. The number of thiophene rings is 1. The Labute approximate surface area is 127 Å². The molecule has 1 N–H and O–H groups in total. The van der Waals surface area contributed by atoms with Gasteiger partial charge < -0.3 is 14.8 Å². The Morgan fingerprint density at radius 2 is 2.05 bits per heavy atom. The van der Waals surface area contributed by atoms with Crippen LogP contribution in [-0.2, 0) is 17.6 Å². The molecule has 2 aromatic rings. The highest BCUT2D eigenvalue weighted by Crippen LogP contribution is 2.32. The smallest absolute Gasteiger partial charge is 0.231 e. The highest BCUT2D eigenvalue weighted by Gasteiger charge is 2.13. The predicted octanol–water partition coefficient (Wildman–Crippen LogP) is 2.77. The third kappa shape index (κ3) is 3.76. The van der Waals surface area contributed by atoms with Crippen LogP contribution in [0.5, 0.6) is 11.5 Å². The van der Waals surface area contributed by atoms with Crippen molar-refractivity contribution in [2.75, 3.05) is 13.3 Å². The van der Waals surface area contributed by atoms with E-state index in [0.29, 0.717) is 13.0 Å². The quantitative estimate of drug-likeness (QED) is 0.892. The second-order valence-electron chi connectivity index (χ2n) is 4.92. The third-order valence-corrected chi connectivity index (χ3v) is 4.13. The van der Waals surface area contributed by atoms with E-state index in [9.17, 15) is 4.79 Å². The van der Waals surface area contributed by atoms with Gasteiger partial charge in [0, 0.05) is 13.0 Å². The summed E-state index contributed by atoms with van der Waals surface area (Å²) in [6.07, 6.45) is 2.14. The van der Waals surface area contributed by atoms with Crippen molar-refractivity contribution < 1.29 is 14.3 Å². The molecule has 0 unspecified atom stereocenters. The maximum absolute atomic E-state index is 11.8. The number of rotatable bonds is 6. The van der Waals surface area contributed by atoms with E-state index in [1.54, 1.807) is 11.3 Å². The molecule has 4 nitrogen and oxygen atoms in total. The molecule has 1 amide bonds. The van der Waals surface area contributed by atoms with E-state index in [1.165, 1.54) is 5.56 Å². The van der Waals surface area contributed by atoms with Gasteiger partial charge in [0.2, 0.25) is 12.7 Å². The Bertz CT molecular complexity index is 610. The molecule has 3 rings (SSSR count). The summed E-state index contributed by atoms with van der Waals surface area (Å²) in [4.78, 5) is 11.8. The van der Waals surface area contributed by atoms with Crippen molar-refractivity contribution >= 4 is 17.2 Å². The number of benzene rings is 1. The van der Waals surface area contributed by atoms with Gasteiger partial charge in [-0.05, 0) is 52.9 Å². The molecule has 110 valence electrons. The number of hydrogen-bond donors (Lipinski definition) is 1. The summed E-state index contributed by atoms with van der Waals surface area (Å²) < 4.78 is 10.6. The van der Waals surface area contributed by atoms with E-state index in [-0.39, 0.29) is 12.7 Å². The summed E-state index contributed by atoms with van der Waals surface area (Å²) in [5.74, 6) is 1.68. The first-order valence-corrected chi connectivity index (χ1v) is 7.92. The van der Waals surface area contributed by atoms with Gasteiger partial charge in [-0.25, -0.2) is 0 Å². The van der Waals surface area contributed by atoms with Gasteiger partial charge in [-0.3, -0.25) is 4.79 Å². The van der Waals surface area contributed by atoms with Crippen molar-refractivity contribution in [2.24, 2.45) is 0 Å². The molecule has 1 aliphatic heterocycles. The molecule has 1 aromatic carbocycles. The highest BCUT2D eigenvalue weighted by molar-refractivity contribution is 7.07. The average Bonchev–Trinajstić information content (AvgIpc) is 3.16. The van der Waals surface area contributed by atoms with Crippen LogP contribution in [0.2, 0.25) is 0 Å². The number of amides is 1. The van der Waals surface area contributed by atoms with E-state index in [4.69, 9.17) is 9.47 Å². The van der Waals surface area contributed by atoms with Crippen LogP contribution < -0.4 is 14.8 Å². The number of fused-ring (bicyclic) bond motifs is 1. The minimum Gasteiger partial charge on any atom is -0.454 e. The van der Waals surface area contributed by atoms with E-state index >= 15 is 0 Å². The molecular weight excluding hydrogens is 286 g/mol. The van der Waals surface area contributed by atoms with Gasteiger partial charge in [0.15, 0.2) is 11.5 Å². The van der Waals surface area contributed by atoms with Gasteiger partial charge >= 0.3 is 0 Å². The van der Waals surface area contributed by atoms with Crippen LogP contribution in [0.4, 0.5) is 0 Å². The van der Waals surface area contributed by atoms with Gasteiger partial charge in [-0.2, -0.15) is 11.3 Å². The predicted molar refractivity (Wildman–Crippen MR) is 81.9 cm³/mol. The normalized spacial score (nSPS) is 12.4. The molecule has 0 saturated heterocycles. The summed E-state index contributed by atoms with van der Waals surface area (Å²) in [5, 5.41) is 7.07. The van der Waals surface area contributed by atoms with Crippen LogP contribution in [0.1, 0.15) is 17.5 Å². The Kier molecular flexibility index (Phi) is 4.40. The minimum atomic E-state index is 0.0990. The second kappa shape index (κ2) is 6.63. The van der Waals surface area contributed by atoms with Crippen LogP contribution in [0.15, 0.2) is 35.0 Å². The molecule has 21 heavy (non-hydrogen) atoms. The van der Waals surface area contributed by atoms with E-state index in [2.05, 4.69) is 16.8 Å². The number of aryl methyl sites for hydroxylation is 1. The van der Waals surface area contributed by atoms with Crippen LogP contribution in [-0.4, -0.2) is 19.2 Å². The number of hydrogen-bond acceptors (Lipinski definition) is 4. The Morgan fingerprint density at radius 1 is 1.14 bits per heavy atom. The molecule has 0 saturated carbocycles. The van der Waals surface area contributed by atoms with Crippen LogP contribution in [0, 0.1) is 0 Å². The van der Waals surface area contributed by atoms with Gasteiger partial charge in [0.05, 0.1) is 0 Å². The fourth-order valence-electron chi connectivity index (χ4n) is 2.22. The Morgan fingerprint density at radius 3 is 2.90 bits per heavy atom. The fourth-order valence-corrected chi connectivity index (χ4v) is 2.93. The lowest BCUT2D eigenvalue weighted by molar-refractivity contribution is -0.121. The highest BCUT2D eigenvalue weighted by atomic mass is 32.1. The van der Waals surface area contributed by atoms with Gasteiger partial charge in [0.25, 0.3) is 0 Å². The lowest BCUT2D eigenvalue weighted by Crippen LogP contribution is -2.25. The van der Waals surface area contributed by atoms with Crippen molar-refractivity contribution in [3.05, 3.63) is 46.2 Å². The maximum atomic E-state index is 11.8. The van der Waals surface area contributed by atoms with Crippen LogP contribution in [0.3, 0.4) is 0 Å². The van der Waals surface area contributed by atoms with Gasteiger partial charge in [-0.15, -0.1) is 0 Å². The average molecular weight is 303 g/mol. The zero-order valence-electron chi connectivity index (χ0n) is 11.6. The van der Waals surface area contributed by atoms with Crippen molar-refractivity contribution in [1.29, 1.82) is 0 Å². The molecule has 5 heteroatoms. The van der Waals surface area contributed by atoms with E-state index in [0.717, 1.165) is 29.9 Å².